The van der Waals surface area contributed by atoms with Crippen molar-refractivity contribution < 1.29 is 9.53 Å². The Morgan fingerprint density at radius 2 is 2.05 bits per heavy atom. The number of H-pyrrole nitrogens is 1. The standard InChI is InChI=1S/C15H20N2O2/c1-10(14(18)17-15(2,3)4)19-12-5-6-13-11(9-12)7-8-16-13/h5-10,16H,1-4H3,(H,17,18). The number of rotatable bonds is 3. The molecule has 4 heteroatoms. The van der Waals surface area contributed by atoms with Gasteiger partial charge in [-0.15, -0.1) is 0 Å². The summed E-state index contributed by atoms with van der Waals surface area (Å²) in [6.45, 7) is 7.60. The van der Waals surface area contributed by atoms with E-state index < -0.39 is 6.10 Å². The molecule has 0 saturated heterocycles. The van der Waals surface area contributed by atoms with Crippen LogP contribution >= 0.6 is 0 Å². The molecule has 0 saturated carbocycles. The van der Waals surface area contributed by atoms with Crippen molar-refractivity contribution in [3.05, 3.63) is 30.5 Å². The molecule has 1 atom stereocenters. The summed E-state index contributed by atoms with van der Waals surface area (Å²) in [4.78, 5) is 15.1. The second-order valence-electron chi connectivity index (χ2n) is 5.73. The Bertz CT molecular complexity index is 581. The molecular weight excluding hydrogens is 240 g/mol. The monoisotopic (exact) mass is 260 g/mol. The van der Waals surface area contributed by atoms with Gasteiger partial charge < -0.3 is 15.0 Å². The molecule has 4 nitrogen and oxygen atoms in total. The number of amides is 1. The topological polar surface area (TPSA) is 54.1 Å². The number of aromatic amines is 1. The lowest BCUT2D eigenvalue weighted by atomic mass is 10.1. The quantitative estimate of drug-likeness (QED) is 0.891. The van der Waals surface area contributed by atoms with Crippen LogP contribution in [0.3, 0.4) is 0 Å². The van der Waals surface area contributed by atoms with Crippen LogP contribution < -0.4 is 10.1 Å². The van der Waals surface area contributed by atoms with Crippen molar-refractivity contribution in [3.63, 3.8) is 0 Å². The lowest BCUT2D eigenvalue weighted by molar-refractivity contribution is -0.128. The molecule has 1 unspecified atom stereocenters. The predicted molar refractivity (Wildman–Crippen MR) is 76.3 cm³/mol. The lowest BCUT2D eigenvalue weighted by Crippen LogP contribution is -2.46. The van der Waals surface area contributed by atoms with Crippen molar-refractivity contribution in [2.75, 3.05) is 0 Å². The molecule has 0 radical (unpaired) electrons. The van der Waals surface area contributed by atoms with Gasteiger partial charge in [-0.2, -0.15) is 0 Å². The highest BCUT2D eigenvalue weighted by Crippen LogP contribution is 2.20. The fourth-order valence-corrected chi connectivity index (χ4v) is 1.83. The number of ether oxygens (including phenoxy) is 1. The average Bonchev–Trinajstić information content (AvgIpc) is 2.73. The van der Waals surface area contributed by atoms with E-state index in [1.807, 2.05) is 51.2 Å². The van der Waals surface area contributed by atoms with Crippen molar-refractivity contribution in [1.82, 2.24) is 10.3 Å². The normalized spacial score (nSPS) is 13.3. The summed E-state index contributed by atoms with van der Waals surface area (Å²) in [6, 6.07) is 7.70. The van der Waals surface area contributed by atoms with Gasteiger partial charge in [0.15, 0.2) is 6.10 Å². The fraction of sp³-hybridized carbons (Fsp3) is 0.400. The van der Waals surface area contributed by atoms with Crippen LogP contribution in [0, 0.1) is 0 Å². The highest BCUT2D eigenvalue weighted by atomic mass is 16.5. The molecule has 1 heterocycles. The Labute approximate surface area is 113 Å². The van der Waals surface area contributed by atoms with Gasteiger partial charge in [0, 0.05) is 22.6 Å². The lowest BCUT2D eigenvalue weighted by Gasteiger charge is -2.23. The number of hydrogen-bond donors (Lipinski definition) is 2. The smallest absolute Gasteiger partial charge is 0.261 e. The van der Waals surface area contributed by atoms with Crippen LogP contribution in [0.5, 0.6) is 5.75 Å². The minimum Gasteiger partial charge on any atom is -0.481 e. The van der Waals surface area contributed by atoms with Crippen LogP contribution in [0.2, 0.25) is 0 Å². The summed E-state index contributed by atoms with van der Waals surface area (Å²) in [5.41, 5.74) is 0.804. The molecule has 0 aliphatic heterocycles. The maximum absolute atomic E-state index is 11.9. The highest BCUT2D eigenvalue weighted by Gasteiger charge is 2.20. The third kappa shape index (κ3) is 3.50. The van der Waals surface area contributed by atoms with E-state index in [0.29, 0.717) is 5.75 Å². The van der Waals surface area contributed by atoms with Gasteiger partial charge in [0.05, 0.1) is 0 Å². The molecule has 102 valence electrons. The van der Waals surface area contributed by atoms with E-state index in [1.165, 1.54) is 0 Å². The number of carbonyl (C=O) groups excluding carboxylic acids is 1. The van der Waals surface area contributed by atoms with Crippen molar-refractivity contribution in [1.29, 1.82) is 0 Å². The second-order valence-corrected chi connectivity index (χ2v) is 5.73. The van der Waals surface area contributed by atoms with E-state index in [2.05, 4.69) is 10.3 Å². The van der Waals surface area contributed by atoms with E-state index >= 15 is 0 Å². The Morgan fingerprint density at radius 3 is 2.74 bits per heavy atom. The van der Waals surface area contributed by atoms with Crippen molar-refractivity contribution in [3.8, 4) is 5.75 Å². The van der Waals surface area contributed by atoms with E-state index in [9.17, 15) is 4.79 Å². The van der Waals surface area contributed by atoms with Gasteiger partial charge in [-0.25, -0.2) is 0 Å². The van der Waals surface area contributed by atoms with Gasteiger partial charge >= 0.3 is 0 Å². The predicted octanol–water partition coefficient (Wildman–Crippen LogP) is 2.85. The van der Waals surface area contributed by atoms with Gasteiger partial charge in [-0.1, -0.05) is 0 Å². The summed E-state index contributed by atoms with van der Waals surface area (Å²) >= 11 is 0. The second kappa shape index (κ2) is 4.96. The van der Waals surface area contributed by atoms with E-state index in [-0.39, 0.29) is 11.4 Å². The van der Waals surface area contributed by atoms with Crippen molar-refractivity contribution in [2.45, 2.75) is 39.3 Å². The van der Waals surface area contributed by atoms with Gasteiger partial charge in [0.1, 0.15) is 5.75 Å². The number of fused-ring (bicyclic) bond motifs is 1. The largest absolute Gasteiger partial charge is 0.481 e. The summed E-state index contributed by atoms with van der Waals surface area (Å²) in [7, 11) is 0. The van der Waals surface area contributed by atoms with Crippen LogP contribution in [0.1, 0.15) is 27.7 Å². The SMILES string of the molecule is CC(Oc1ccc2[nH]ccc2c1)C(=O)NC(C)(C)C. The van der Waals surface area contributed by atoms with Gasteiger partial charge in [0.25, 0.3) is 5.91 Å². The maximum atomic E-state index is 11.9. The number of benzene rings is 1. The molecular formula is C15H20N2O2. The van der Waals surface area contributed by atoms with Crippen molar-refractivity contribution >= 4 is 16.8 Å². The highest BCUT2D eigenvalue weighted by molar-refractivity contribution is 5.82. The molecule has 1 aromatic carbocycles. The molecule has 19 heavy (non-hydrogen) atoms. The minimum absolute atomic E-state index is 0.110. The molecule has 0 spiro atoms. The molecule has 2 aromatic rings. The average molecular weight is 260 g/mol. The first-order chi connectivity index (χ1) is 8.85. The van der Waals surface area contributed by atoms with Crippen LogP contribution in [0.25, 0.3) is 10.9 Å². The molecule has 0 aliphatic rings. The number of hydrogen-bond acceptors (Lipinski definition) is 2. The minimum atomic E-state index is -0.518. The van der Waals surface area contributed by atoms with Crippen molar-refractivity contribution in [2.24, 2.45) is 0 Å². The fourth-order valence-electron chi connectivity index (χ4n) is 1.83. The summed E-state index contributed by atoms with van der Waals surface area (Å²) in [5.74, 6) is 0.588. The first-order valence-corrected chi connectivity index (χ1v) is 6.41. The summed E-state index contributed by atoms with van der Waals surface area (Å²) in [5, 5.41) is 3.97. The zero-order valence-corrected chi connectivity index (χ0v) is 11.8. The summed E-state index contributed by atoms with van der Waals surface area (Å²) < 4.78 is 5.67. The zero-order chi connectivity index (χ0) is 14.0. The molecule has 1 aromatic heterocycles. The molecule has 1 amide bonds. The number of carbonyl (C=O) groups is 1. The summed E-state index contributed by atoms with van der Waals surface area (Å²) in [6.07, 6.45) is 1.36. The van der Waals surface area contributed by atoms with Crippen LogP contribution in [-0.2, 0) is 4.79 Å². The number of nitrogens with one attached hydrogen (secondary N) is 2. The Hall–Kier alpha value is -1.97. The van der Waals surface area contributed by atoms with Gasteiger partial charge in [-0.3, -0.25) is 4.79 Å². The molecule has 2 rings (SSSR count). The van der Waals surface area contributed by atoms with Crippen LogP contribution in [0.4, 0.5) is 0 Å². The maximum Gasteiger partial charge on any atom is 0.261 e. The third-order valence-corrected chi connectivity index (χ3v) is 2.71. The molecule has 2 N–H and O–H groups in total. The van der Waals surface area contributed by atoms with Gasteiger partial charge in [0.2, 0.25) is 0 Å². The van der Waals surface area contributed by atoms with Crippen LogP contribution in [-0.4, -0.2) is 22.5 Å². The van der Waals surface area contributed by atoms with E-state index in [0.717, 1.165) is 10.9 Å². The van der Waals surface area contributed by atoms with Crippen LogP contribution in [0.15, 0.2) is 30.5 Å². The first kappa shape index (κ1) is 13.5. The third-order valence-electron chi connectivity index (χ3n) is 2.71. The Balaban J connectivity index is 2.05. The molecule has 0 bridgehead atoms. The zero-order valence-electron chi connectivity index (χ0n) is 11.8. The number of aromatic nitrogens is 1. The van der Waals surface area contributed by atoms with Gasteiger partial charge in [-0.05, 0) is 52.0 Å². The molecule has 0 fully saturated rings. The molecule has 0 aliphatic carbocycles. The van der Waals surface area contributed by atoms with E-state index in [4.69, 9.17) is 4.74 Å². The first-order valence-electron chi connectivity index (χ1n) is 6.41. The Morgan fingerprint density at radius 1 is 1.32 bits per heavy atom. The Kier molecular flexibility index (Phi) is 3.51. The van der Waals surface area contributed by atoms with E-state index in [1.54, 1.807) is 6.92 Å².